The molecule has 0 bridgehead atoms. The SMILES string of the molecule is CCC(NCc1cncs1)C(N)=NO. The number of hydrogen-bond acceptors (Lipinski definition) is 5. The predicted molar refractivity (Wildman–Crippen MR) is 56.4 cm³/mol. The highest BCUT2D eigenvalue weighted by atomic mass is 32.1. The van der Waals surface area contributed by atoms with Crippen LogP contribution in [0.4, 0.5) is 0 Å². The highest BCUT2D eigenvalue weighted by Crippen LogP contribution is 2.05. The fourth-order valence-electron chi connectivity index (χ4n) is 1.08. The molecule has 14 heavy (non-hydrogen) atoms. The highest BCUT2D eigenvalue weighted by Gasteiger charge is 2.10. The molecule has 1 atom stereocenters. The maximum Gasteiger partial charge on any atom is 0.156 e. The molecule has 0 radical (unpaired) electrons. The molecular formula is C8H14N4OS. The van der Waals surface area contributed by atoms with Gasteiger partial charge in [-0.3, -0.25) is 4.98 Å². The number of rotatable bonds is 5. The molecule has 1 unspecified atom stereocenters. The molecule has 0 aliphatic carbocycles. The van der Waals surface area contributed by atoms with E-state index in [1.807, 2.05) is 6.92 Å². The molecule has 0 amide bonds. The molecule has 0 saturated carbocycles. The molecule has 6 heteroatoms. The summed E-state index contributed by atoms with van der Waals surface area (Å²) in [5.41, 5.74) is 7.27. The number of thiazole rings is 1. The quantitative estimate of drug-likeness (QED) is 0.292. The summed E-state index contributed by atoms with van der Waals surface area (Å²) in [6.07, 6.45) is 2.59. The van der Waals surface area contributed by atoms with E-state index in [-0.39, 0.29) is 11.9 Å². The van der Waals surface area contributed by atoms with Gasteiger partial charge in [-0.25, -0.2) is 0 Å². The molecule has 5 nitrogen and oxygen atoms in total. The van der Waals surface area contributed by atoms with Crippen LogP contribution in [-0.4, -0.2) is 22.1 Å². The normalized spacial score (nSPS) is 14.2. The van der Waals surface area contributed by atoms with Crippen molar-refractivity contribution >= 4 is 17.2 Å². The standard InChI is InChI=1S/C8H14N4OS/c1-2-7(8(9)12-13)11-4-6-3-10-5-14-6/h3,5,7,11,13H,2,4H2,1H3,(H2,9,12). The Morgan fingerprint density at radius 3 is 3.14 bits per heavy atom. The zero-order valence-corrected chi connectivity index (χ0v) is 8.79. The molecule has 1 heterocycles. The van der Waals surface area contributed by atoms with Crippen LogP contribution >= 0.6 is 11.3 Å². The Morgan fingerprint density at radius 2 is 2.64 bits per heavy atom. The van der Waals surface area contributed by atoms with Crippen LogP contribution in [0.25, 0.3) is 0 Å². The minimum atomic E-state index is -0.0814. The van der Waals surface area contributed by atoms with Crippen LogP contribution in [0.1, 0.15) is 18.2 Å². The van der Waals surface area contributed by atoms with E-state index >= 15 is 0 Å². The van der Waals surface area contributed by atoms with Crippen molar-refractivity contribution in [3.63, 3.8) is 0 Å². The zero-order chi connectivity index (χ0) is 10.4. The van der Waals surface area contributed by atoms with Crippen LogP contribution < -0.4 is 11.1 Å². The first-order chi connectivity index (χ1) is 6.77. The number of oxime groups is 1. The zero-order valence-electron chi connectivity index (χ0n) is 7.97. The molecule has 4 N–H and O–H groups in total. The lowest BCUT2D eigenvalue weighted by molar-refractivity contribution is 0.314. The van der Waals surface area contributed by atoms with Crippen molar-refractivity contribution in [1.29, 1.82) is 0 Å². The average Bonchev–Trinajstić information content (AvgIpc) is 2.71. The van der Waals surface area contributed by atoms with Gasteiger partial charge in [0.05, 0.1) is 11.6 Å². The van der Waals surface area contributed by atoms with E-state index in [1.54, 1.807) is 23.0 Å². The third-order valence-corrected chi connectivity index (χ3v) is 2.67. The molecule has 0 aromatic carbocycles. The number of amidine groups is 1. The first-order valence-corrected chi connectivity index (χ1v) is 5.24. The second-order valence-electron chi connectivity index (χ2n) is 2.83. The predicted octanol–water partition coefficient (Wildman–Crippen LogP) is 0.758. The minimum absolute atomic E-state index is 0.0814. The lowest BCUT2D eigenvalue weighted by atomic mass is 10.2. The van der Waals surface area contributed by atoms with Gasteiger partial charge < -0.3 is 16.3 Å². The Hall–Kier alpha value is -1.14. The van der Waals surface area contributed by atoms with E-state index in [0.29, 0.717) is 6.54 Å². The molecular weight excluding hydrogens is 200 g/mol. The van der Waals surface area contributed by atoms with Crippen LogP contribution in [0, 0.1) is 0 Å². The van der Waals surface area contributed by atoms with E-state index in [2.05, 4.69) is 15.5 Å². The van der Waals surface area contributed by atoms with Gasteiger partial charge >= 0.3 is 0 Å². The van der Waals surface area contributed by atoms with E-state index in [4.69, 9.17) is 10.9 Å². The van der Waals surface area contributed by atoms with Crippen molar-refractivity contribution in [3.8, 4) is 0 Å². The van der Waals surface area contributed by atoms with Crippen molar-refractivity contribution in [2.45, 2.75) is 25.9 Å². The Morgan fingerprint density at radius 1 is 1.86 bits per heavy atom. The molecule has 1 aromatic rings. The maximum atomic E-state index is 8.51. The van der Waals surface area contributed by atoms with Crippen LogP contribution in [0.3, 0.4) is 0 Å². The van der Waals surface area contributed by atoms with Gasteiger partial charge in [-0.15, -0.1) is 11.3 Å². The lowest BCUT2D eigenvalue weighted by Crippen LogP contribution is -2.40. The van der Waals surface area contributed by atoms with Gasteiger partial charge in [-0.1, -0.05) is 12.1 Å². The monoisotopic (exact) mass is 214 g/mol. The molecule has 0 fully saturated rings. The van der Waals surface area contributed by atoms with E-state index in [1.165, 1.54) is 0 Å². The van der Waals surface area contributed by atoms with Gasteiger partial charge in [0.2, 0.25) is 0 Å². The molecule has 0 spiro atoms. The first kappa shape index (κ1) is 10.9. The second-order valence-corrected chi connectivity index (χ2v) is 3.81. The summed E-state index contributed by atoms with van der Waals surface area (Å²) in [6.45, 7) is 2.67. The molecule has 0 saturated heterocycles. The third kappa shape index (κ3) is 2.97. The van der Waals surface area contributed by atoms with Crippen molar-refractivity contribution in [3.05, 3.63) is 16.6 Å². The fourth-order valence-corrected chi connectivity index (χ4v) is 1.63. The van der Waals surface area contributed by atoms with Gasteiger partial charge in [0, 0.05) is 17.6 Å². The fraction of sp³-hybridized carbons (Fsp3) is 0.500. The highest BCUT2D eigenvalue weighted by molar-refractivity contribution is 7.09. The summed E-state index contributed by atoms with van der Waals surface area (Å²) in [4.78, 5) is 5.09. The van der Waals surface area contributed by atoms with E-state index in [0.717, 1.165) is 11.3 Å². The average molecular weight is 214 g/mol. The van der Waals surface area contributed by atoms with E-state index in [9.17, 15) is 0 Å². The maximum absolute atomic E-state index is 8.51. The third-order valence-electron chi connectivity index (χ3n) is 1.89. The van der Waals surface area contributed by atoms with Crippen molar-refractivity contribution < 1.29 is 5.21 Å². The Kier molecular flexibility index (Phi) is 4.34. The van der Waals surface area contributed by atoms with Crippen molar-refractivity contribution in [2.24, 2.45) is 10.9 Å². The number of nitrogens with one attached hydrogen (secondary N) is 1. The smallest absolute Gasteiger partial charge is 0.156 e. The number of hydrogen-bond donors (Lipinski definition) is 3. The Balaban J connectivity index is 2.42. The first-order valence-electron chi connectivity index (χ1n) is 4.36. The topological polar surface area (TPSA) is 83.5 Å². The Labute approximate surface area is 86.6 Å². The number of nitrogens with zero attached hydrogens (tertiary/aromatic N) is 2. The lowest BCUT2D eigenvalue weighted by Gasteiger charge is -2.13. The summed E-state index contributed by atoms with van der Waals surface area (Å²) in [5.74, 6) is 0.219. The van der Waals surface area contributed by atoms with Crippen LogP contribution in [0.15, 0.2) is 16.9 Å². The molecule has 1 aromatic heterocycles. The Bertz CT molecular complexity index is 286. The number of nitrogens with two attached hydrogens (primary N) is 1. The van der Waals surface area contributed by atoms with Crippen LogP contribution in [-0.2, 0) is 6.54 Å². The largest absolute Gasteiger partial charge is 0.409 e. The summed E-state index contributed by atoms with van der Waals surface area (Å²) in [5, 5.41) is 14.7. The second kappa shape index (κ2) is 5.56. The van der Waals surface area contributed by atoms with E-state index < -0.39 is 0 Å². The van der Waals surface area contributed by atoms with Gasteiger partial charge in [0.25, 0.3) is 0 Å². The number of aromatic nitrogens is 1. The van der Waals surface area contributed by atoms with Crippen LogP contribution in [0.5, 0.6) is 0 Å². The molecule has 78 valence electrons. The minimum Gasteiger partial charge on any atom is -0.409 e. The van der Waals surface area contributed by atoms with Crippen molar-refractivity contribution in [1.82, 2.24) is 10.3 Å². The summed E-state index contributed by atoms with van der Waals surface area (Å²) in [7, 11) is 0. The van der Waals surface area contributed by atoms with Crippen LogP contribution in [0.2, 0.25) is 0 Å². The molecule has 0 aliphatic heterocycles. The van der Waals surface area contributed by atoms with Gasteiger partial charge in [-0.2, -0.15) is 0 Å². The van der Waals surface area contributed by atoms with Crippen molar-refractivity contribution in [2.75, 3.05) is 0 Å². The van der Waals surface area contributed by atoms with Gasteiger partial charge in [-0.05, 0) is 6.42 Å². The summed E-state index contributed by atoms with van der Waals surface area (Å²) in [6, 6.07) is -0.0814. The molecule has 0 aliphatic rings. The summed E-state index contributed by atoms with van der Waals surface area (Å²) < 4.78 is 0. The van der Waals surface area contributed by atoms with Gasteiger partial charge in [0.15, 0.2) is 5.84 Å². The summed E-state index contributed by atoms with van der Waals surface area (Å²) >= 11 is 1.58. The van der Waals surface area contributed by atoms with Gasteiger partial charge in [0.1, 0.15) is 0 Å². The molecule has 1 rings (SSSR count).